The van der Waals surface area contributed by atoms with Crippen molar-refractivity contribution in [3.05, 3.63) is 112 Å². The SMILES string of the molecule is Cc1cc(C)c2cc(C)[cH-]c2c1.Cc1cc(C)c2cc(C)[cH-]c2c1.[CH3-].[CH3-].[CH3-].[CH3-].[Si]=[Zr]. The van der Waals surface area contributed by atoms with Gasteiger partial charge in [0.05, 0.1) is 0 Å². The summed E-state index contributed by atoms with van der Waals surface area (Å²) in [5, 5.41) is 5.56. The van der Waals surface area contributed by atoms with Crippen LogP contribution in [0.3, 0.4) is 0 Å². The van der Waals surface area contributed by atoms with E-state index >= 15 is 0 Å². The summed E-state index contributed by atoms with van der Waals surface area (Å²) in [6.45, 7) is 16.0. The van der Waals surface area contributed by atoms with Crippen LogP contribution in [0.15, 0.2) is 48.5 Å². The van der Waals surface area contributed by atoms with E-state index in [1.807, 2.05) is 0 Å². The molecule has 0 atom stereocenters. The summed E-state index contributed by atoms with van der Waals surface area (Å²) in [5.41, 5.74) is 8.20. The van der Waals surface area contributed by atoms with Crippen molar-refractivity contribution in [2.75, 3.05) is 0 Å². The summed E-state index contributed by atoms with van der Waals surface area (Å²) >= 11 is 1.36. The molecule has 4 rings (SSSR count). The average molecular weight is 494 g/mol. The Balaban J connectivity index is -0.000000400. The molecule has 0 fully saturated rings. The van der Waals surface area contributed by atoms with Crippen molar-refractivity contribution < 1.29 is 23.3 Å². The number of rotatable bonds is 0. The van der Waals surface area contributed by atoms with Crippen LogP contribution < -0.4 is 0 Å². The van der Waals surface area contributed by atoms with Gasteiger partial charge in [-0.05, 0) is 27.7 Å². The molecule has 2 heteroatoms. The second kappa shape index (κ2) is 14.7. The van der Waals surface area contributed by atoms with Crippen molar-refractivity contribution in [3.63, 3.8) is 0 Å². The normalized spacial score (nSPS) is 8.83. The zero-order valence-corrected chi connectivity index (χ0v) is 24.1. The van der Waals surface area contributed by atoms with Gasteiger partial charge in [-0.25, -0.2) is 0 Å². The first-order valence-corrected chi connectivity index (χ1v) is 13.1. The van der Waals surface area contributed by atoms with Crippen molar-refractivity contribution in [3.8, 4) is 0 Å². The van der Waals surface area contributed by atoms with E-state index < -0.39 is 0 Å². The molecule has 0 saturated heterocycles. The van der Waals surface area contributed by atoms with Crippen LogP contribution >= 0.6 is 0 Å². The molecule has 164 valence electrons. The molecule has 4 aromatic rings. The summed E-state index contributed by atoms with van der Waals surface area (Å²) in [6.07, 6.45) is 0. The molecule has 0 saturated carbocycles. The molecule has 0 aromatic heterocycles. The molecule has 0 N–H and O–H groups in total. The zero-order chi connectivity index (χ0) is 19.4. The van der Waals surface area contributed by atoms with Crippen molar-refractivity contribution >= 4 is 28.4 Å². The van der Waals surface area contributed by atoms with Crippen molar-refractivity contribution in [2.45, 2.75) is 41.5 Å². The molecule has 4 aromatic carbocycles. The number of hydrogen-bond donors (Lipinski definition) is 0. The fourth-order valence-corrected chi connectivity index (χ4v) is 3.69. The quantitative estimate of drug-likeness (QED) is 0.170. The van der Waals surface area contributed by atoms with Gasteiger partial charge in [0.15, 0.2) is 0 Å². The molecular formula is C28H38SiZr-6. The van der Waals surface area contributed by atoms with Crippen LogP contribution in [0, 0.1) is 71.2 Å². The van der Waals surface area contributed by atoms with Crippen molar-refractivity contribution in [1.82, 2.24) is 0 Å². The van der Waals surface area contributed by atoms with Crippen LogP contribution in [0.1, 0.15) is 33.4 Å². The van der Waals surface area contributed by atoms with Gasteiger partial charge in [0.2, 0.25) is 0 Å². The number of benzene rings is 2. The molecule has 30 heavy (non-hydrogen) atoms. The van der Waals surface area contributed by atoms with Crippen LogP contribution in [0.2, 0.25) is 0 Å². The Labute approximate surface area is 204 Å². The van der Waals surface area contributed by atoms with Gasteiger partial charge in [0.1, 0.15) is 0 Å². The van der Waals surface area contributed by atoms with Crippen molar-refractivity contribution in [2.24, 2.45) is 0 Å². The zero-order valence-electron chi connectivity index (χ0n) is 20.6. The third-order valence-electron chi connectivity index (χ3n) is 4.64. The van der Waals surface area contributed by atoms with E-state index in [2.05, 4.69) is 97.0 Å². The van der Waals surface area contributed by atoms with Gasteiger partial charge < -0.3 is 29.7 Å². The van der Waals surface area contributed by atoms with Gasteiger partial charge in [-0.2, -0.15) is 12.1 Å². The molecule has 0 spiro atoms. The van der Waals surface area contributed by atoms with E-state index in [1.165, 1.54) is 78.3 Å². The van der Waals surface area contributed by atoms with Crippen LogP contribution in [0.4, 0.5) is 0 Å². The monoisotopic (exact) mass is 492 g/mol. The van der Waals surface area contributed by atoms with E-state index in [0.717, 1.165) is 0 Å². The average Bonchev–Trinajstić information content (AvgIpc) is 3.12. The van der Waals surface area contributed by atoms with E-state index in [1.54, 1.807) is 0 Å². The summed E-state index contributed by atoms with van der Waals surface area (Å²) in [5.74, 6) is 0. The Morgan fingerprint density at radius 3 is 1.13 bits per heavy atom. The Bertz CT molecular complexity index is 950. The van der Waals surface area contributed by atoms with Crippen LogP contribution in [0.5, 0.6) is 0 Å². The molecule has 0 heterocycles. The summed E-state index contributed by atoms with van der Waals surface area (Å²) in [4.78, 5) is 0. The first-order valence-electron chi connectivity index (χ1n) is 8.87. The van der Waals surface area contributed by atoms with Gasteiger partial charge in [-0.3, -0.25) is 0 Å². The van der Waals surface area contributed by atoms with E-state index in [9.17, 15) is 0 Å². The van der Waals surface area contributed by atoms with Crippen LogP contribution in [-0.2, 0) is 23.3 Å². The van der Waals surface area contributed by atoms with E-state index in [0.29, 0.717) is 0 Å². The Hall–Kier alpha value is -1.24. The predicted octanol–water partition coefficient (Wildman–Crippen LogP) is 8.39. The van der Waals surface area contributed by atoms with Gasteiger partial charge in [-0.1, -0.05) is 48.2 Å². The minimum atomic E-state index is 0. The van der Waals surface area contributed by atoms with Gasteiger partial charge in [-0.15, -0.1) is 56.9 Å². The van der Waals surface area contributed by atoms with Crippen LogP contribution in [-0.4, -0.2) is 6.88 Å². The summed E-state index contributed by atoms with van der Waals surface area (Å²) in [7, 11) is 0. The maximum absolute atomic E-state index is 3.06. The third kappa shape index (κ3) is 8.12. The number of hydrogen-bond acceptors (Lipinski definition) is 0. The first kappa shape index (κ1) is 33.4. The third-order valence-corrected chi connectivity index (χ3v) is 4.64. The van der Waals surface area contributed by atoms with Gasteiger partial charge >= 0.3 is 30.2 Å². The molecule has 0 bridgehead atoms. The summed E-state index contributed by atoms with van der Waals surface area (Å²) < 4.78 is 0. The Morgan fingerprint density at radius 1 is 0.533 bits per heavy atom. The second-order valence-electron chi connectivity index (χ2n) is 7.23. The topological polar surface area (TPSA) is 0 Å². The fourth-order valence-electron chi connectivity index (χ4n) is 3.69. The maximum atomic E-state index is 3.06. The fraction of sp³-hybridized carbons (Fsp3) is 0.214. The Morgan fingerprint density at radius 2 is 0.833 bits per heavy atom. The predicted molar refractivity (Wildman–Crippen MR) is 139 cm³/mol. The molecule has 0 unspecified atom stereocenters. The van der Waals surface area contributed by atoms with Gasteiger partial charge in [0.25, 0.3) is 0 Å². The van der Waals surface area contributed by atoms with Gasteiger partial charge in [0, 0.05) is 0 Å². The summed E-state index contributed by atoms with van der Waals surface area (Å²) in [6, 6.07) is 18.0. The first-order chi connectivity index (χ1) is 12.3. The number of aryl methyl sites for hydroxylation is 6. The van der Waals surface area contributed by atoms with Crippen molar-refractivity contribution in [1.29, 1.82) is 0 Å². The standard InChI is InChI=1S/2C12H13.4CH3.Si.Zr/c2*1-8-4-10(3)12-7-9(2)6-11(12)5-8;;;;;;/h2*4-7H,1-3H3;4*1H3;;/q6*-1;;. The molecular weight excluding hydrogens is 456 g/mol. The Kier molecular flexibility index (Phi) is 16.4. The molecule has 0 nitrogen and oxygen atoms in total. The molecule has 0 aliphatic carbocycles. The number of fused-ring (bicyclic) bond motifs is 2. The van der Waals surface area contributed by atoms with E-state index in [-0.39, 0.29) is 29.7 Å². The van der Waals surface area contributed by atoms with Crippen LogP contribution in [0.25, 0.3) is 21.5 Å². The molecule has 0 amide bonds. The molecule has 0 aliphatic heterocycles. The second-order valence-corrected chi connectivity index (χ2v) is 7.23. The molecule has 0 aliphatic rings. The van der Waals surface area contributed by atoms with E-state index in [4.69, 9.17) is 0 Å². The molecule has 2 radical (unpaired) electrons. The minimum absolute atomic E-state index is 0.